The highest BCUT2D eigenvalue weighted by atomic mass is 16.5. The first-order valence-electron chi connectivity index (χ1n) is 9.20. The number of rotatable bonds is 2. The molecule has 5 heterocycles. The van der Waals surface area contributed by atoms with Gasteiger partial charge in [-0.2, -0.15) is 5.10 Å². The van der Waals surface area contributed by atoms with Crippen LogP contribution in [0.15, 0.2) is 42.9 Å². The number of piperidine rings is 1. The third-order valence-corrected chi connectivity index (χ3v) is 5.34. The molecule has 0 aromatic carbocycles. The van der Waals surface area contributed by atoms with Gasteiger partial charge in [-0.3, -0.25) is 0 Å². The molecule has 3 aromatic rings. The zero-order valence-electron chi connectivity index (χ0n) is 15.2. The van der Waals surface area contributed by atoms with E-state index in [1.54, 1.807) is 6.20 Å². The largest absolute Gasteiger partial charge is 0.472 e. The molecule has 138 valence electrons. The third-order valence-electron chi connectivity index (χ3n) is 5.34. The first kappa shape index (κ1) is 16.3. The SMILES string of the molecule is CC1(O)CCN(c2ccc(-n3cc4c(n3)-c3cccnc3OC4)cn2)CC1. The summed E-state index contributed by atoms with van der Waals surface area (Å²) >= 11 is 0. The van der Waals surface area contributed by atoms with Gasteiger partial charge in [-0.05, 0) is 44.0 Å². The Morgan fingerprint density at radius 1 is 1.15 bits per heavy atom. The predicted molar refractivity (Wildman–Crippen MR) is 101 cm³/mol. The van der Waals surface area contributed by atoms with Gasteiger partial charge in [-0.1, -0.05) is 0 Å². The molecular formula is C20H21N5O2. The minimum Gasteiger partial charge on any atom is -0.472 e. The summed E-state index contributed by atoms with van der Waals surface area (Å²) in [5.41, 5.74) is 3.22. The van der Waals surface area contributed by atoms with Crippen LogP contribution in [0.5, 0.6) is 5.88 Å². The second kappa shape index (κ2) is 6.06. The van der Waals surface area contributed by atoms with Crippen LogP contribution in [0.3, 0.4) is 0 Å². The average Bonchev–Trinajstić information content (AvgIpc) is 3.13. The second-order valence-electron chi connectivity index (χ2n) is 7.45. The molecule has 1 N–H and O–H groups in total. The van der Waals surface area contributed by atoms with Crippen LogP contribution in [-0.4, -0.2) is 43.5 Å². The lowest BCUT2D eigenvalue weighted by atomic mass is 9.94. The number of anilines is 1. The van der Waals surface area contributed by atoms with Crippen LogP contribution in [0.1, 0.15) is 25.3 Å². The predicted octanol–water partition coefficient (Wildman–Crippen LogP) is 2.57. The van der Waals surface area contributed by atoms with Gasteiger partial charge in [-0.15, -0.1) is 0 Å². The van der Waals surface area contributed by atoms with Crippen molar-refractivity contribution in [1.29, 1.82) is 0 Å². The number of pyridine rings is 2. The Morgan fingerprint density at radius 3 is 2.78 bits per heavy atom. The van der Waals surface area contributed by atoms with E-state index in [-0.39, 0.29) is 0 Å². The van der Waals surface area contributed by atoms with Gasteiger partial charge in [-0.25, -0.2) is 14.6 Å². The van der Waals surface area contributed by atoms with Crippen molar-refractivity contribution in [2.45, 2.75) is 32.0 Å². The monoisotopic (exact) mass is 363 g/mol. The molecule has 0 unspecified atom stereocenters. The van der Waals surface area contributed by atoms with Crippen LogP contribution < -0.4 is 9.64 Å². The van der Waals surface area contributed by atoms with Crippen molar-refractivity contribution in [3.8, 4) is 22.8 Å². The molecule has 3 aromatic heterocycles. The van der Waals surface area contributed by atoms with Gasteiger partial charge in [0.1, 0.15) is 18.1 Å². The van der Waals surface area contributed by atoms with E-state index in [0.29, 0.717) is 12.5 Å². The minimum atomic E-state index is -0.558. The van der Waals surface area contributed by atoms with Gasteiger partial charge < -0.3 is 14.7 Å². The summed E-state index contributed by atoms with van der Waals surface area (Å²) in [5.74, 6) is 1.56. The summed E-state index contributed by atoms with van der Waals surface area (Å²) in [7, 11) is 0. The number of aromatic nitrogens is 4. The maximum absolute atomic E-state index is 10.1. The fraction of sp³-hybridized carbons (Fsp3) is 0.350. The van der Waals surface area contributed by atoms with Crippen molar-refractivity contribution in [2.24, 2.45) is 0 Å². The van der Waals surface area contributed by atoms with E-state index in [9.17, 15) is 5.11 Å². The summed E-state index contributed by atoms with van der Waals surface area (Å²) in [6.45, 7) is 4.00. The number of aliphatic hydroxyl groups is 1. The Balaban J connectivity index is 1.40. The van der Waals surface area contributed by atoms with Crippen LogP contribution >= 0.6 is 0 Å². The van der Waals surface area contributed by atoms with Gasteiger partial charge in [0, 0.05) is 31.0 Å². The Labute approximate surface area is 157 Å². The zero-order chi connectivity index (χ0) is 18.4. The second-order valence-corrected chi connectivity index (χ2v) is 7.45. The molecule has 2 aliphatic heterocycles. The van der Waals surface area contributed by atoms with Crippen LogP contribution in [0.25, 0.3) is 16.9 Å². The quantitative estimate of drug-likeness (QED) is 0.754. The Bertz CT molecular complexity index is 970. The van der Waals surface area contributed by atoms with Gasteiger partial charge in [0.25, 0.3) is 0 Å². The summed E-state index contributed by atoms with van der Waals surface area (Å²) in [6.07, 6.45) is 7.07. The highest BCUT2D eigenvalue weighted by Crippen LogP contribution is 2.35. The molecule has 1 fully saturated rings. The number of fused-ring (bicyclic) bond motifs is 3. The van der Waals surface area contributed by atoms with Crippen molar-refractivity contribution in [3.63, 3.8) is 0 Å². The van der Waals surface area contributed by atoms with E-state index in [1.807, 2.05) is 48.3 Å². The van der Waals surface area contributed by atoms with Crippen molar-refractivity contribution in [2.75, 3.05) is 18.0 Å². The van der Waals surface area contributed by atoms with Crippen molar-refractivity contribution in [3.05, 3.63) is 48.4 Å². The van der Waals surface area contributed by atoms with Gasteiger partial charge in [0.2, 0.25) is 5.88 Å². The zero-order valence-corrected chi connectivity index (χ0v) is 15.2. The molecular weight excluding hydrogens is 342 g/mol. The molecule has 0 aliphatic carbocycles. The number of nitrogens with zero attached hydrogens (tertiary/aromatic N) is 5. The van der Waals surface area contributed by atoms with E-state index < -0.39 is 5.60 Å². The maximum Gasteiger partial charge on any atom is 0.223 e. The molecule has 1 saturated heterocycles. The molecule has 7 nitrogen and oxygen atoms in total. The molecule has 7 heteroatoms. The Kier molecular flexibility index (Phi) is 3.65. The summed E-state index contributed by atoms with van der Waals surface area (Å²) < 4.78 is 7.55. The molecule has 0 spiro atoms. The fourth-order valence-electron chi connectivity index (χ4n) is 3.62. The van der Waals surface area contributed by atoms with Gasteiger partial charge in [0.15, 0.2) is 0 Å². The van der Waals surface area contributed by atoms with Crippen LogP contribution in [0, 0.1) is 0 Å². The Morgan fingerprint density at radius 2 is 2.00 bits per heavy atom. The maximum atomic E-state index is 10.1. The standard InChI is InChI=1S/C20H21N5O2/c1-20(26)6-9-24(10-7-20)17-5-4-15(11-22-17)25-12-14-13-27-19-16(18(14)23-25)3-2-8-21-19/h2-5,8,11-12,26H,6-7,9-10,13H2,1H3. The van der Waals surface area contributed by atoms with E-state index in [2.05, 4.69) is 14.9 Å². The lowest BCUT2D eigenvalue weighted by Crippen LogP contribution is -2.42. The van der Waals surface area contributed by atoms with E-state index in [0.717, 1.165) is 54.3 Å². The molecule has 5 rings (SSSR count). The van der Waals surface area contributed by atoms with E-state index in [1.165, 1.54) is 0 Å². The molecule has 0 amide bonds. The topological polar surface area (TPSA) is 76.3 Å². The van der Waals surface area contributed by atoms with Crippen LogP contribution in [0.2, 0.25) is 0 Å². The highest BCUT2D eigenvalue weighted by molar-refractivity contribution is 5.69. The van der Waals surface area contributed by atoms with Crippen molar-refractivity contribution < 1.29 is 9.84 Å². The van der Waals surface area contributed by atoms with Crippen LogP contribution in [-0.2, 0) is 6.61 Å². The average molecular weight is 363 g/mol. The van der Waals surface area contributed by atoms with Gasteiger partial charge in [0.05, 0.1) is 23.0 Å². The molecule has 0 bridgehead atoms. The first-order chi connectivity index (χ1) is 13.1. The number of hydrogen-bond acceptors (Lipinski definition) is 6. The van der Waals surface area contributed by atoms with Crippen molar-refractivity contribution >= 4 is 5.82 Å². The fourth-order valence-corrected chi connectivity index (χ4v) is 3.62. The molecule has 0 atom stereocenters. The van der Waals surface area contributed by atoms with E-state index in [4.69, 9.17) is 9.84 Å². The summed E-state index contributed by atoms with van der Waals surface area (Å²) in [6, 6.07) is 7.91. The number of ether oxygens (including phenoxy) is 1. The Hall–Kier alpha value is -2.93. The molecule has 27 heavy (non-hydrogen) atoms. The molecule has 0 radical (unpaired) electrons. The highest BCUT2D eigenvalue weighted by Gasteiger charge is 2.28. The summed E-state index contributed by atoms with van der Waals surface area (Å²) in [4.78, 5) is 11.1. The minimum absolute atomic E-state index is 0.471. The van der Waals surface area contributed by atoms with Gasteiger partial charge >= 0.3 is 0 Å². The molecule has 0 saturated carbocycles. The normalized spacial score (nSPS) is 17.8. The molecule has 2 aliphatic rings. The third kappa shape index (κ3) is 2.94. The summed E-state index contributed by atoms with van der Waals surface area (Å²) in [5, 5.41) is 14.8. The lowest BCUT2D eigenvalue weighted by molar-refractivity contribution is 0.0350. The smallest absolute Gasteiger partial charge is 0.223 e. The lowest BCUT2D eigenvalue weighted by Gasteiger charge is -2.36. The van der Waals surface area contributed by atoms with Crippen molar-refractivity contribution in [1.82, 2.24) is 19.7 Å². The number of hydrogen-bond donors (Lipinski definition) is 1. The first-order valence-corrected chi connectivity index (χ1v) is 9.20. The van der Waals surface area contributed by atoms with E-state index >= 15 is 0 Å². The van der Waals surface area contributed by atoms with Crippen LogP contribution in [0.4, 0.5) is 5.82 Å².